The maximum Gasteiger partial charge on any atom is 0.240 e. The summed E-state index contributed by atoms with van der Waals surface area (Å²) >= 11 is 0. The Morgan fingerprint density at radius 1 is 1.05 bits per heavy atom. The van der Waals surface area contributed by atoms with Crippen molar-refractivity contribution in [1.82, 2.24) is 4.72 Å². The molecule has 1 N–H and O–H groups in total. The van der Waals surface area contributed by atoms with Gasteiger partial charge in [-0.1, -0.05) is 0 Å². The van der Waals surface area contributed by atoms with Gasteiger partial charge in [0.15, 0.2) is 6.29 Å². The molecule has 0 aromatic heterocycles. The molecule has 1 atom stereocenters. The molecule has 0 amide bonds. The average Bonchev–Trinajstić information content (AvgIpc) is 2.39. The molecule has 0 bridgehead atoms. The van der Waals surface area contributed by atoms with Gasteiger partial charge in [0.2, 0.25) is 10.0 Å². The molecule has 7 heteroatoms. The van der Waals surface area contributed by atoms with E-state index < -0.39 is 22.4 Å². The predicted octanol–water partition coefficient (Wildman–Crippen LogP) is 0.981. The van der Waals surface area contributed by atoms with Crippen LogP contribution in [0.2, 0.25) is 0 Å². The van der Waals surface area contributed by atoms with Crippen LogP contribution < -0.4 is 9.46 Å². The van der Waals surface area contributed by atoms with Gasteiger partial charge in [0.25, 0.3) is 0 Å². The van der Waals surface area contributed by atoms with E-state index in [9.17, 15) is 8.42 Å². The molecule has 19 heavy (non-hydrogen) atoms. The van der Waals surface area contributed by atoms with Gasteiger partial charge in [-0.25, -0.2) is 13.1 Å². The summed E-state index contributed by atoms with van der Waals surface area (Å²) in [7, 11) is 0.806. The van der Waals surface area contributed by atoms with Crippen molar-refractivity contribution in [3.63, 3.8) is 0 Å². The molecule has 0 spiro atoms. The van der Waals surface area contributed by atoms with E-state index in [1.807, 2.05) is 0 Å². The number of hydrogen-bond acceptors (Lipinski definition) is 5. The quantitative estimate of drug-likeness (QED) is 0.757. The standard InChI is InChI=1S/C12H19NO5S/c1-9(12(17-3)18-4)13-19(14,15)11-7-5-10(16-2)6-8-11/h5-9,12-13H,1-4H3. The monoisotopic (exact) mass is 289 g/mol. The first-order valence-corrected chi connectivity index (χ1v) is 7.15. The van der Waals surface area contributed by atoms with Gasteiger partial charge in [-0.3, -0.25) is 0 Å². The van der Waals surface area contributed by atoms with Gasteiger partial charge in [-0.2, -0.15) is 0 Å². The Hall–Kier alpha value is -1.15. The molecule has 0 heterocycles. The Morgan fingerprint density at radius 3 is 2.00 bits per heavy atom. The topological polar surface area (TPSA) is 73.9 Å². The van der Waals surface area contributed by atoms with E-state index in [0.29, 0.717) is 5.75 Å². The third kappa shape index (κ3) is 4.17. The van der Waals surface area contributed by atoms with Gasteiger partial charge < -0.3 is 14.2 Å². The molecule has 0 radical (unpaired) electrons. The van der Waals surface area contributed by atoms with Gasteiger partial charge >= 0.3 is 0 Å². The highest BCUT2D eigenvalue weighted by atomic mass is 32.2. The number of hydrogen-bond donors (Lipinski definition) is 1. The number of sulfonamides is 1. The van der Waals surface area contributed by atoms with Crippen molar-refractivity contribution in [1.29, 1.82) is 0 Å². The molecule has 6 nitrogen and oxygen atoms in total. The normalized spacial score (nSPS) is 13.5. The molecule has 0 saturated carbocycles. The number of nitrogens with one attached hydrogen (secondary N) is 1. The van der Waals surface area contributed by atoms with Crippen molar-refractivity contribution >= 4 is 10.0 Å². The van der Waals surface area contributed by atoms with Crippen molar-refractivity contribution in [3.05, 3.63) is 24.3 Å². The second-order valence-corrected chi connectivity index (χ2v) is 5.64. The Labute approximate surface area is 113 Å². The van der Waals surface area contributed by atoms with Gasteiger partial charge in [-0.15, -0.1) is 0 Å². The zero-order valence-electron chi connectivity index (χ0n) is 11.4. The molecule has 1 rings (SSSR count). The van der Waals surface area contributed by atoms with E-state index in [4.69, 9.17) is 14.2 Å². The van der Waals surface area contributed by atoms with Crippen LogP contribution in [0.1, 0.15) is 6.92 Å². The lowest BCUT2D eigenvalue weighted by molar-refractivity contribution is -0.115. The Balaban J connectivity index is 2.85. The molecule has 0 fully saturated rings. The summed E-state index contributed by atoms with van der Waals surface area (Å²) in [5.41, 5.74) is 0. The van der Waals surface area contributed by atoms with Crippen LogP contribution in [0.5, 0.6) is 5.75 Å². The fourth-order valence-electron chi connectivity index (χ4n) is 1.63. The average molecular weight is 289 g/mol. The molecule has 0 aliphatic heterocycles. The minimum Gasteiger partial charge on any atom is -0.497 e. The van der Waals surface area contributed by atoms with E-state index in [1.54, 1.807) is 19.1 Å². The van der Waals surface area contributed by atoms with Gasteiger partial charge in [0.05, 0.1) is 18.0 Å². The fourth-order valence-corrected chi connectivity index (χ4v) is 2.86. The van der Waals surface area contributed by atoms with E-state index >= 15 is 0 Å². The summed E-state index contributed by atoms with van der Waals surface area (Å²) in [5.74, 6) is 0.596. The molecule has 0 aliphatic carbocycles. The summed E-state index contributed by atoms with van der Waals surface area (Å²) in [6.07, 6.45) is -0.645. The second kappa shape index (κ2) is 6.85. The number of rotatable bonds is 7. The van der Waals surface area contributed by atoms with Crippen LogP contribution in [0, 0.1) is 0 Å². The fraction of sp³-hybridized carbons (Fsp3) is 0.500. The van der Waals surface area contributed by atoms with Crippen LogP contribution in [0.3, 0.4) is 0 Å². The molecular formula is C12H19NO5S. The highest BCUT2D eigenvalue weighted by Gasteiger charge is 2.23. The highest BCUT2D eigenvalue weighted by molar-refractivity contribution is 7.89. The van der Waals surface area contributed by atoms with Crippen LogP contribution in [-0.2, 0) is 19.5 Å². The number of benzene rings is 1. The van der Waals surface area contributed by atoms with Crippen LogP contribution in [0.15, 0.2) is 29.2 Å². The van der Waals surface area contributed by atoms with E-state index in [-0.39, 0.29) is 4.90 Å². The molecule has 0 saturated heterocycles. The maximum atomic E-state index is 12.1. The van der Waals surface area contributed by atoms with Crippen molar-refractivity contribution in [2.75, 3.05) is 21.3 Å². The zero-order valence-corrected chi connectivity index (χ0v) is 12.2. The van der Waals surface area contributed by atoms with Gasteiger partial charge in [0, 0.05) is 14.2 Å². The highest BCUT2D eigenvalue weighted by Crippen LogP contribution is 2.16. The Bertz CT molecular complexity index is 481. The van der Waals surface area contributed by atoms with Crippen molar-refractivity contribution in [2.45, 2.75) is 24.2 Å². The van der Waals surface area contributed by atoms with E-state index in [1.165, 1.54) is 33.5 Å². The summed E-state index contributed by atoms with van der Waals surface area (Å²) in [4.78, 5) is 0.158. The van der Waals surface area contributed by atoms with E-state index in [0.717, 1.165) is 0 Å². The maximum absolute atomic E-state index is 12.1. The molecule has 108 valence electrons. The van der Waals surface area contributed by atoms with E-state index in [2.05, 4.69) is 4.72 Å². The summed E-state index contributed by atoms with van der Waals surface area (Å²) in [6.45, 7) is 1.67. The predicted molar refractivity (Wildman–Crippen MR) is 70.6 cm³/mol. The Kier molecular flexibility index (Phi) is 5.74. The number of ether oxygens (including phenoxy) is 3. The smallest absolute Gasteiger partial charge is 0.240 e. The SMILES string of the molecule is COc1ccc(S(=O)(=O)NC(C)C(OC)OC)cc1. The van der Waals surface area contributed by atoms with Crippen LogP contribution in [-0.4, -0.2) is 42.1 Å². The molecule has 1 unspecified atom stereocenters. The van der Waals surface area contributed by atoms with Crippen molar-refractivity contribution in [2.24, 2.45) is 0 Å². The van der Waals surface area contributed by atoms with Crippen molar-refractivity contribution in [3.8, 4) is 5.75 Å². The first-order chi connectivity index (χ1) is 8.94. The van der Waals surface area contributed by atoms with Gasteiger partial charge in [0.1, 0.15) is 5.75 Å². The third-order valence-electron chi connectivity index (χ3n) is 2.58. The van der Waals surface area contributed by atoms with Crippen molar-refractivity contribution < 1.29 is 22.6 Å². The lowest BCUT2D eigenvalue weighted by Crippen LogP contribution is -2.42. The lowest BCUT2D eigenvalue weighted by atomic mass is 10.3. The summed E-state index contributed by atoms with van der Waals surface area (Å²) in [6, 6.07) is 5.61. The van der Waals surface area contributed by atoms with Crippen LogP contribution in [0.4, 0.5) is 0 Å². The largest absolute Gasteiger partial charge is 0.497 e. The van der Waals surface area contributed by atoms with Crippen LogP contribution in [0.25, 0.3) is 0 Å². The second-order valence-electron chi connectivity index (χ2n) is 3.93. The number of methoxy groups -OCH3 is 3. The molecule has 1 aromatic rings. The first-order valence-electron chi connectivity index (χ1n) is 5.66. The molecular weight excluding hydrogens is 270 g/mol. The molecule has 1 aromatic carbocycles. The first kappa shape index (κ1) is 15.9. The minimum atomic E-state index is -3.62. The third-order valence-corrected chi connectivity index (χ3v) is 4.16. The lowest BCUT2D eigenvalue weighted by Gasteiger charge is -2.22. The van der Waals surface area contributed by atoms with Gasteiger partial charge in [-0.05, 0) is 31.2 Å². The summed E-state index contributed by atoms with van der Waals surface area (Å²) < 4.78 is 41.7. The van der Waals surface area contributed by atoms with Crippen LogP contribution >= 0.6 is 0 Å². The summed E-state index contributed by atoms with van der Waals surface area (Å²) in [5, 5.41) is 0. The minimum absolute atomic E-state index is 0.158. The Morgan fingerprint density at radius 2 is 1.58 bits per heavy atom. The molecule has 0 aliphatic rings. The zero-order chi connectivity index (χ0) is 14.5.